The number of rotatable bonds is 2. The third-order valence-electron chi connectivity index (χ3n) is 2.98. The number of halogens is 1. The molecule has 1 heterocycles. The zero-order chi connectivity index (χ0) is 13.9. The van der Waals surface area contributed by atoms with Gasteiger partial charge in [0.05, 0.1) is 11.1 Å². The fourth-order valence-electron chi connectivity index (χ4n) is 2.00. The monoisotopic (exact) mass is 263 g/mol. The highest BCUT2D eigenvalue weighted by atomic mass is 19.1. The second-order valence-electron chi connectivity index (χ2n) is 4.34. The predicted octanol–water partition coefficient (Wildman–Crippen LogP) is 3.99. The van der Waals surface area contributed by atoms with Crippen molar-refractivity contribution >= 4 is 22.3 Å². The molecule has 0 fully saturated rings. The van der Waals surface area contributed by atoms with E-state index in [4.69, 9.17) is 5.26 Å². The maximum absolute atomic E-state index is 13.5. The molecule has 0 bridgehead atoms. The average molecular weight is 263 g/mol. The second kappa shape index (κ2) is 4.98. The molecule has 0 amide bonds. The van der Waals surface area contributed by atoms with Crippen LogP contribution < -0.4 is 5.32 Å². The largest absolute Gasteiger partial charge is 0.355 e. The van der Waals surface area contributed by atoms with Gasteiger partial charge in [0, 0.05) is 23.0 Å². The molecule has 2 aromatic carbocycles. The molecule has 1 aromatic heterocycles. The summed E-state index contributed by atoms with van der Waals surface area (Å²) < 4.78 is 13.5. The van der Waals surface area contributed by atoms with Crippen molar-refractivity contribution in [2.24, 2.45) is 0 Å². The van der Waals surface area contributed by atoms with Gasteiger partial charge >= 0.3 is 0 Å². The van der Waals surface area contributed by atoms with E-state index < -0.39 is 5.82 Å². The lowest BCUT2D eigenvalue weighted by Crippen LogP contribution is -1.93. The van der Waals surface area contributed by atoms with E-state index >= 15 is 0 Å². The van der Waals surface area contributed by atoms with E-state index in [1.807, 2.05) is 30.3 Å². The van der Waals surface area contributed by atoms with Gasteiger partial charge in [0.25, 0.3) is 0 Å². The Hall–Kier alpha value is -2.93. The van der Waals surface area contributed by atoms with Crippen LogP contribution in [0.2, 0.25) is 0 Å². The molecule has 0 aliphatic carbocycles. The van der Waals surface area contributed by atoms with Crippen molar-refractivity contribution in [2.45, 2.75) is 0 Å². The molecule has 20 heavy (non-hydrogen) atoms. The van der Waals surface area contributed by atoms with Crippen molar-refractivity contribution in [2.75, 3.05) is 5.32 Å². The minimum atomic E-state index is -0.528. The Morgan fingerprint density at radius 2 is 1.85 bits per heavy atom. The highest BCUT2D eigenvalue weighted by Crippen LogP contribution is 2.22. The molecule has 0 aliphatic rings. The first kappa shape index (κ1) is 12.1. The summed E-state index contributed by atoms with van der Waals surface area (Å²) >= 11 is 0. The minimum absolute atomic E-state index is 0.0401. The second-order valence-corrected chi connectivity index (χ2v) is 4.34. The predicted molar refractivity (Wildman–Crippen MR) is 76.1 cm³/mol. The zero-order valence-electron chi connectivity index (χ0n) is 10.5. The summed E-state index contributed by atoms with van der Waals surface area (Å²) in [5, 5.41) is 12.8. The highest BCUT2D eigenvalue weighted by molar-refractivity contribution is 5.83. The number of nitrogens with zero attached hydrogens (tertiary/aromatic N) is 2. The van der Waals surface area contributed by atoms with Crippen molar-refractivity contribution in [3.63, 3.8) is 0 Å². The molecule has 0 aliphatic heterocycles. The summed E-state index contributed by atoms with van der Waals surface area (Å²) in [7, 11) is 0. The first-order chi connectivity index (χ1) is 9.76. The normalized spacial score (nSPS) is 10.2. The lowest BCUT2D eigenvalue weighted by Gasteiger charge is -2.08. The lowest BCUT2D eigenvalue weighted by molar-refractivity contribution is 0.624. The van der Waals surface area contributed by atoms with Gasteiger partial charge in [-0.2, -0.15) is 5.26 Å². The highest BCUT2D eigenvalue weighted by Gasteiger charge is 2.03. The molecule has 3 aromatic rings. The van der Waals surface area contributed by atoms with E-state index in [1.165, 1.54) is 12.1 Å². The Bertz CT molecular complexity index is 821. The third kappa shape index (κ3) is 2.29. The van der Waals surface area contributed by atoms with Crippen LogP contribution >= 0.6 is 0 Å². The molecular weight excluding hydrogens is 253 g/mol. The summed E-state index contributed by atoms with van der Waals surface area (Å²) in [6.07, 6.45) is 1.74. The summed E-state index contributed by atoms with van der Waals surface area (Å²) in [4.78, 5) is 4.24. The Kier molecular flexibility index (Phi) is 3.02. The van der Waals surface area contributed by atoms with Gasteiger partial charge in [0.2, 0.25) is 0 Å². The van der Waals surface area contributed by atoms with E-state index in [0.717, 1.165) is 16.6 Å². The van der Waals surface area contributed by atoms with Gasteiger partial charge in [0.1, 0.15) is 11.9 Å². The number of benzene rings is 2. The van der Waals surface area contributed by atoms with E-state index in [-0.39, 0.29) is 5.56 Å². The van der Waals surface area contributed by atoms with Crippen molar-refractivity contribution in [1.29, 1.82) is 5.26 Å². The summed E-state index contributed by atoms with van der Waals surface area (Å²) in [5.41, 5.74) is 2.39. The fraction of sp³-hybridized carbons (Fsp3) is 0. The third-order valence-corrected chi connectivity index (χ3v) is 2.98. The Morgan fingerprint density at radius 3 is 2.65 bits per heavy atom. The molecule has 3 nitrogen and oxygen atoms in total. The molecule has 0 radical (unpaired) electrons. The molecule has 0 saturated carbocycles. The number of aromatic nitrogens is 1. The maximum atomic E-state index is 13.5. The average Bonchev–Trinajstić information content (AvgIpc) is 2.47. The van der Waals surface area contributed by atoms with E-state index in [1.54, 1.807) is 18.3 Å². The van der Waals surface area contributed by atoms with Crippen molar-refractivity contribution in [3.05, 3.63) is 66.1 Å². The fourth-order valence-corrected chi connectivity index (χ4v) is 2.00. The van der Waals surface area contributed by atoms with E-state index in [2.05, 4.69) is 10.3 Å². The molecule has 3 rings (SSSR count). The first-order valence-corrected chi connectivity index (χ1v) is 6.08. The number of hydrogen-bond donors (Lipinski definition) is 1. The van der Waals surface area contributed by atoms with Crippen molar-refractivity contribution in [3.8, 4) is 6.07 Å². The SMILES string of the molecule is N#Cc1ccc(Nc2ccc3ncccc3c2)cc1F. The molecule has 4 heteroatoms. The molecular formula is C16H10FN3. The van der Waals surface area contributed by atoms with Gasteiger partial charge in [-0.05, 0) is 42.5 Å². The first-order valence-electron chi connectivity index (χ1n) is 6.08. The van der Waals surface area contributed by atoms with Crippen LogP contribution in [0.15, 0.2) is 54.7 Å². The summed E-state index contributed by atoms with van der Waals surface area (Å²) in [6.45, 7) is 0. The zero-order valence-corrected chi connectivity index (χ0v) is 10.5. The van der Waals surface area contributed by atoms with Crippen LogP contribution in [-0.4, -0.2) is 4.98 Å². The van der Waals surface area contributed by atoms with Crippen LogP contribution in [0, 0.1) is 17.1 Å². The standard InChI is InChI=1S/C16H10FN3/c17-15-9-14(4-3-12(15)10-18)20-13-5-6-16-11(8-13)2-1-7-19-16/h1-9,20H. The van der Waals surface area contributed by atoms with E-state index in [0.29, 0.717) is 5.69 Å². The molecule has 0 spiro atoms. The van der Waals surface area contributed by atoms with Crippen LogP contribution in [0.3, 0.4) is 0 Å². The number of nitrogens with one attached hydrogen (secondary N) is 1. The quantitative estimate of drug-likeness (QED) is 0.760. The van der Waals surface area contributed by atoms with Crippen LogP contribution in [0.1, 0.15) is 5.56 Å². The van der Waals surface area contributed by atoms with Crippen molar-refractivity contribution < 1.29 is 4.39 Å². The van der Waals surface area contributed by atoms with Gasteiger partial charge < -0.3 is 5.32 Å². The van der Waals surface area contributed by atoms with Crippen molar-refractivity contribution in [1.82, 2.24) is 4.98 Å². The van der Waals surface area contributed by atoms with Crippen LogP contribution in [0.25, 0.3) is 10.9 Å². The lowest BCUT2D eigenvalue weighted by atomic mass is 10.1. The number of anilines is 2. The van der Waals surface area contributed by atoms with Gasteiger partial charge in [-0.25, -0.2) is 4.39 Å². The number of nitriles is 1. The van der Waals surface area contributed by atoms with Crippen LogP contribution in [0.5, 0.6) is 0 Å². The molecule has 96 valence electrons. The number of hydrogen-bond acceptors (Lipinski definition) is 3. The smallest absolute Gasteiger partial charge is 0.143 e. The van der Waals surface area contributed by atoms with Crippen LogP contribution in [0.4, 0.5) is 15.8 Å². The molecule has 0 atom stereocenters. The molecule has 1 N–H and O–H groups in total. The molecule has 0 saturated heterocycles. The van der Waals surface area contributed by atoms with Gasteiger partial charge in [0.15, 0.2) is 0 Å². The van der Waals surface area contributed by atoms with E-state index in [9.17, 15) is 4.39 Å². The topological polar surface area (TPSA) is 48.7 Å². The Labute approximate surface area is 115 Å². The van der Waals surface area contributed by atoms with Gasteiger partial charge in [-0.3, -0.25) is 4.98 Å². The summed E-state index contributed by atoms with van der Waals surface area (Å²) in [6, 6.07) is 15.8. The Balaban J connectivity index is 1.93. The minimum Gasteiger partial charge on any atom is -0.355 e. The van der Waals surface area contributed by atoms with Gasteiger partial charge in [-0.15, -0.1) is 0 Å². The number of fused-ring (bicyclic) bond motifs is 1. The number of pyridine rings is 1. The molecule has 0 unspecified atom stereocenters. The van der Waals surface area contributed by atoms with Gasteiger partial charge in [-0.1, -0.05) is 6.07 Å². The van der Waals surface area contributed by atoms with Crippen LogP contribution in [-0.2, 0) is 0 Å². The summed E-state index contributed by atoms with van der Waals surface area (Å²) in [5.74, 6) is -0.528. The maximum Gasteiger partial charge on any atom is 0.143 e. The Morgan fingerprint density at radius 1 is 1.05 bits per heavy atom.